The molecule has 144 valence electrons. The third-order valence-corrected chi connectivity index (χ3v) is 12.7. The average molecular weight is 375 g/mol. The molecule has 2 rings (SSSR count). The predicted molar refractivity (Wildman–Crippen MR) is 110 cm³/mol. The molecule has 1 fully saturated rings. The molecule has 1 aromatic heterocycles. The van der Waals surface area contributed by atoms with Crippen molar-refractivity contribution in [2.24, 2.45) is 0 Å². The minimum absolute atomic E-state index is 0.188. The molecule has 0 spiro atoms. The minimum Gasteiger partial charge on any atom is -0.445 e. The van der Waals surface area contributed by atoms with Gasteiger partial charge in [-0.25, -0.2) is 4.79 Å². The molecular weight excluding hydrogens is 340 g/mol. The molecule has 1 aromatic rings. The number of likely N-dealkylation sites (tertiary alicyclic amines) is 1. The first-order chi connectivity index (χ1) is 12.1. The van der Waals surface area contributed by atoms with Crippen LogP contribution in [0.1, 0.15) is 38.4 Å². The molecule has 2 unspecified atom stereocenters. The smallest absolute Gasteiger partial charge is 0.410 e. The molecule has 26 heavy (non-hydrogen) atoms. The van der Waals surface area contributed by atoms with Crippen LogP contribution >= 0.6 is 0 Å². The maximum Gasteiger partial charge on any atom is 0.410 e. The van der Waals surface area contributed by atoms with Crippen LogP contribution < -0.4 is 0 Å². The van der Waals surface area contributed by atoms with E-state index in [1.807, 2.05) is 18.0 Å². The van der Waals surface area contributed by atoms with Crippen molar-refractivity contribution in [3.8, 4) is 0 Å². The number of hydrogen-bond acceptors (Lipinski definition) is 3. The van der Waals surface area contributed by atoms with Crippen molar-refractivity contribution < 1.29 is 9.53 Å². The molecule has 4 nitrogen and oxygen atoms in total. The van der Waals surface area contributed by atoms with E-state index < -0.39 is 8.07 Å². The van der Waals surface area contributed by atoms with Crippen molar-refractivity contribution in [3.63, 3.8) is 0 Å². The van der Waals surface area contributed by atoms with Crippen LogP contribution in [0.4, 0.5) is 4.79 Å². The van der Waals surface area contributed by atoms with E-state index in [9.17, 15) is 4.79 Å². The summed E-state index contributed by atoms with van der Waals surface area (Å²) in [6.07, 6.45) is 5.19. The van der Waals surface area contributed by atoms with Crippen LogP contribution in [0.15, 0.2) is 31.0 Å². The Balaban J connectivity index is 2.23. The van der Waals surface area contributed by atoms with Gasteiger partial charge < -0.3 is 9.64 Å². The SMILES string of the molecule is C=CCOC(=O)N1CC([Si](C)(C)C(C)(C)C)CC1Cc1ccnc(C)c1. The van der Waals surface area contributed by atoms with Crippen molar-refractivity contribution >= 4 is 14.2 Å². The van der Waals surface area contributed by atoms with Gasteiger partial charge in [0.15, 0.2) is 0 Å². The van der Waals surface area contributed by atoms with E-state index in [0.29, 0.717) is 10.6 Å². The maximum absolute atomic E-state index is 12.7. The molecule has 2 atom stereocenters. The quantitative estimate of drug-likeness (QED) is 0.525. The summed E-state index contributed by atoms with van der Waals surface area (Å²) in [5, 5.41) is 0.302. The molecule has 0 aliphatic carbocycles. The van der Waals surface area contributed by atoms with Crippen molar-refractivity contribution in [2.75, 3.05) is 13.2 Å². The summed E-state index contributed by atoms with van der Waals surface area (Å²) in [6.45, 7) is 18.7. The Kier molecular flexibility index (Phi) is 6.32. The molecular formula is C21H34N2O2Si. The number of ether oxygens (including phenoxy) is 1. The Hall–Kier alpha value is -1.62. The highest BCUT2D eigenvalue weighted by molar-refractivity contribution is 6.81. The first-order valence-corrected chi connectivity index (χ1v) is 12.6. The lowest BCUT2D eigenvalue weighted by Crippen LogP contribution is -2.43. The van der Waals surface area contributed by atoms with Gasteiger partial charge in [-0.2, -0.15) is 0 Å². The highest BCUT2D eigenvalue weighted by Crippen LogP contribution is 2.48. The average Bonchev–Trinajstić information content (AvgIpc) is 2.96. The molecule has 1 aliphatic heterocycles. The van der Waals surface area contributed by atoms with E-state index in [-0.39, 0.29) is 18.7 Å². The monoisotopic (exact) mass is 374 g/mol. The predicted octanol–water partition coefficient (Wildman–Crippen LogP) is 5.21. The molecule has 0 N–H and O–H groups in total. The van der Waals surface area contributed by atoms with Crippen molar-refractivity contribution in [1.29, 1.82) is 0 Å². The summed E-state index contributed by atoms with van der Waals surface area (Å²) in [5.74, 6) is 0. The molecule has 2 heterocycles. The Morgan fingerprint density at radius 3 is 2.73 bits per heavy atom. The minimum atomic E-state index is -1.54. The Morgan fingerprint density at radius 1 is 1.46 bits per heavy atom. The molecule has 1 aliphatic rings. The lowest BCUT2D eigenvalue weighted by molar-refractivity contribution is 0.108. The summed E-state index contributed by atoms with van der Waals surface area (Å²) in [6, 6.07) is 4.36. The van der Waals surface area contributed by atoms with Crippen LogP contribution in [0.3, 0.4) is 0 Å². The van der Waals surface area contributed by atoms with Crippen LogP contribution in [-0.4, -0.2) is 43.2 Å². The molecule has 0 radical (unpaired) electrons. The molecule has 0 aromatic carbocycles. The molecule has 0 bridgehead atoms. The lowest BCUT2D eigenvalue weighted by Gasteiger charge is -2.41. The molecule has 5 heteroatoms. The Bertz CT molecular complexity index is 652. The topological polar surface area (TPSA) is 42.4 Å². The van der Waals surface area contributed by atoms with Crippen LogP contribution in [-0.2, 0) is 11.2 Å². The number of hydrogen-bond donors (Lipinski definition) is 0. The standard InChI is InChI=1S/C21H34N2O2Si/c1-8-11-25-20(24)23-15-19(26(6,7)21(3,4)5)14-18(23)13-17-9-10-22-16(2)12-17/h8-10,12,18-19H,1,11,13-15H2,2-7H3. The summed E-state index contributed by atoms with van der Waals surface area (Å²) < 4.78 is 5.39. The number of rotatable bonds is 5. The van der Waals surface area contributed by atoms with Crippen molar-refractivity contribution in [3.05, 3.63) is 42.2 Å². The second kappa shape index (κ2) is 7.95. The molecule has 1 saturated heterocycles. The normalized spacial score (nSPS) is 20.9. The third-order valence-electron chi connectivity index (χ3n) is 6.36. The molecule has 0 saturated carbocycles. The van der Waals surface area contributed by atoms with E-state index in [1.54, 1.807) is 6.08 Å². The first kappa shape index (κ1) is 20.7. The van der Waals surface area contributed by atoms with Gasteiger partial charge in [-0.15, -0.1) is 0 Å². The number of nitrogens with zero attached hydrogens (tertiary/aromatic N) is 2. The van der Waals surface area contributed by atoms with Crippen molar-refractivity contribution in [2.45, 2.75) is 70.3 Å². The highest BCUT2D eigenvalue weighted by atomic mass is 28.3. The van der Waals surface area contributed by atoms with E-state index in [4.69, 9.17) is 4.74 Å². The zero-order valence-electron chi connectivity index (χ0n) is 17.2. The Morgan fingerprint density at radius 2 is 2.15 bits per heavy atom. The molecule has 1 amide bonds. The fraction of sp³-hybridized carbons (Fsp3) is 0.619. The van der Waals surface area contributed by atoms with Crippen LogP contribution in [0.5, 0.6) is 0 Å². The van der Waals surface area contributed by atoms with Gasteiger partial charge in [-0.05, 0) is 48.0 Å². The van der Waals surface area contributed by atoms with E-state index >= 15 is 0 Å². The van der Waals surface area contributed by atoms with Gasteiger partial charge in [0.25, 0.3) is 0 Å². The highest BCUT2D eigenvalue weighted by Gasteiger charge is 2.48. The Labute approximate surface area is 159 Å². The van der Waals surface area contributed by atoms with E-state index in [0.717, 1.165) is 25.1 Å². The van der Waals surface area contributed by atoms with Gasteiger partial charge in [0.05, 0.1) is 8.07 Å². The summed E-state index contributed by atoms with van der Waals surface area (Å²) >= 11 is 0. The lowest BCUT2D eigenvalue weighted by atomic mass is 10.0. The first-order valence-electron chi connectivity index (χ1n) is 9.52. The number of carbonyl (C=O) groups is 1. The van der Waals surface area contributed by atoms with Gasteiger partial charge in [0.1, 0.15) is 6.61 Å². The fourth-order valence-electron chi connectivity index (χ4n) is 3.69. The number of pyridine rings is 1. The summed E-state index contributed by atoms with van der Waals surface area (Å²) in [4.78, 5) is 18.9. The fourth-order valence-corrected chi connectivity index (χ4v) is 6.42. The maximum atomic E-state index is 12.7. The van der Waals surface area contributed by atoms with E-state index in [2.05, 4.69) is 57.6 Å². The van der Waals surface area contributed by atoms with Crippen LogP contribution in [0.2, 0.25) is 23.7 Å². The second-order valence-electron chi connectivity index (χ2n) is 9.09. The number of amides is 1. The van der Waals surface area contributed by atoms with Gasteiger partial charge in [-0.1, -0.05) is 46.5 Å². The van der Waals surface area contributed by atoms with Gasteiger partial charge >= 0.3 is 6.09 Å². The zero-order chi connectivity index (χ0) is 19.5. The van der Waals surface area contributed by atoms with Gasteiger partial charge in [0.2, 0.25) is 0 Å². The van der Waals surface area contributed by atoms with E-state index in [1.165, 1.54) is 5.56 Å². The van der Waals surface area contributed by atoms with Gasteiger partial charge in [-0.3, -0.25) is 4.98 Å². The van der Waals surface area contributed by atoms with Gasteiger partial charge in [0, 0.05) is 24.5 Å². The number of carbonyl (C=O) groups excluding carboxylic acids is 1. The zero-order valence-corrected chi connectivity index (χ0v) is 18.2. The van der Waals surface area contributed by atoms with Crippen LogP contribution in [0, 0.1) is 6.92 Å². The summed E-state index contributed by atoms with van der Waals surface area (Å²) in [5.41, 5.74) is 2.83. The van der Waals surface area contributed by atoms with Crippen molar-refractivity contribution in [1.82, 2.24) is 9.88 Å². The largest absolute Gasteiger partial charge is 0.445 e. The number of aryl methyl sites for hydroxylation is 1. The summed E-state index contributed by atoms with van der Waals surface area (Å²) in [7, 11) is -1.54. The van der Waals surface area contributed by atoms with Crippen LogP contribution in [0.25, 0.3) is 0 Å². The third kappa shape index (κ3) is 4.56. The second-order valence-corrected chi connectivity index (χ2v) is 14.8. The number of aromatic nitrogens is 1.